The molecule has 0 radical (unpaired) electrons. The molecule has 0 heterocycles. The Morgan fingerprint density at radius 3 is 2.70 bits per heavy atom. The monoisotopic (exact) mass is 333 g/mol. The maximum atomic E-state index is 11.1. The second-order valence-corrected chi connectivity index (χ2v) is 5.54. The van der Waals surface area contributed by atoms with Gasteiger partial charge in [0.2, 0.25) is 0 Å². The largest absolute Gasteiger partial charge is 0.478 e. The highest BCUT2D eigenvalue weighted by atomic mass is 79.9. The standard InChI is InChI=1S/C16H16BrNO2/c1-11(12-6-4-7-14(17)9-12)18-10-13-5-2-3-8-15(13)16(19)20/h2-9,11,18H,10H2,1H3,(H,19,20)/t11-/m1/s1. The molecule has 0 aliphatic heterocycles. The lowest BCUT2D eigenvalue weighted by atomic mass is 10.1. The van der Waals surface area contributed by atoms with Crippen LogP contribution >= 0.6 is 15.9 Å². The fourth-order valence-electron chi connectivity index (χ4n) is 2.04. The zero-order chi connectivity index (χ0) is 14.5. The van der Waals surface area contributed by atoms with Gasteiger partial charge in [-0.15, -0.1) is 0 Å². The summed E-state index contributed by atoms with van der Waals surface area (Å²) >= 11 is 3.45. The average molecular weight is 334 g/mol. The lowest BCUT2D eigenvalue weighted by Gasteiger charge is -2.15. The van der Waals surface area contributed by atoms with Gasteiger partial charge in [-0.3, -0.25) is 0 Å². The third-order valence-corrected chi connectivity index (χ3v) is 3.69. The Morgan fingerprint density at radius 1 is 1.25 bits per heavy atom. The van der Waals surface area contributed by atoms with E-state index in [2.05, 4.69) is 34.2 Å². The minimum Gasteiger partial charge on any atom is -0.478 e. The molecule has 0 aromatic heterocycles. The summed E-state index contributed by atoms with van der Waals surface area (Å²) in [5, 5.41) is 12.5. The Hall–Kier alpha value is -1.65. The molecule has 2 aromatic carbocycles. The fraction of sp³-hybridized carbons (Fsp3) is 0.188. The smallest absolute Gasteiger partial charge is 0.336 e. The van der Waals surface area contributed by atoms with Crippen molar-refractivity contribution < 1.29 is 9.90 Å². The summed E-state index contributed by atoms with van der Waals surface area (Å²) in [6, 6.07) is 15.3. The molecular weight excluding hydrogens is 318 g/mol. The van der Waals surface area contributed by atoms with Crippen LogP contribution in [0.15, 0.2) is 53.0 Å². The quantitative estimate of drug-likeness (QED) is 0.869. The Bertz CT molecular complexity index is 613. The van der Waals surface area contributed by atoms with Crippen LogP contribution < -0.4 is 5.32 Å². The van der Waals surface area contributed by atoms with E-state index >= 15 is 0 Å². The molecule has 0 spiro atoms. The third kappa shape index (κ3) is 3.68. The molecule has 3 nitrogen and oxygen atoms in total. The van der Waals surface area contributed by atoms with Crippen LogP contribution in [0.1, 0.15) is 34.5 Å². The molecule has 0 amide bonds. The fourth-order valence-corrected chi connectivity index (χ4v) is 2.46. The lowest BCUT2D eigenvalue weighted by Crippen LogP contribution is -2.19. The SMILES string of the molecule is C[C@@H](NCc1ccccc1C(=O)O)c1cccc(Br)c1. The van der Waals surface area contributed by atoms with Gasteiger partial charge in [0.05, 0.1) is 5.56 Å². The Labute approximate surface area is 126 Å². The first-order valence-corrected chi connectivity index (χ1v) is 7.17. The van der Waals surface area contributed by atoms with Gasteiger partial charge in [-0.2, -0.15) is 0 Å². The molecule has 1 atom stereocenters. The van der Waals surface area contributed by atoms with Crippen molar-refractivity contribution >= 4 is 21.9 Å². The van der Waals surface area contributed by atoms with Gasteiger partial charge in [0.15, 0.2) is 0 Å². The van der Waals surface area contributed by atoms with Crippen LogP contribution in [0.2, 0.25) is 0 Å². The van der Waals surface area contributed by atoms with Crippen LogP contribution in [0.3, 0.4) is 0 Å². The molecule has 0 aliphatic carbocycles. The van der Waals surface area contributed by atoms with E-state index in [9.17, 15) is 4.79 Å². The number of carbonyl (C=O) groups is 1. The van der Waals surface area contributed by atoms with Crippen LogP contribution in [0.5, 0.6) is 0 Å². The van der Waals surface area contributed by atoms with E-state index in [1.807, 2.05) is 30.3 Å². The van der Waals surface area contributed by atoms with E-state index in [1.165, 1.54) is 0 Å². The molecule has 0 bridgehead atoms. The molecule has 4 heteroatoms. The van der Waals surface area contributed by atoms with Crippen molar-refractivity contribution in [2.45, 2.75) is 19.5 Å². The van der Waals surface area contributed by atoms with Crippen molar-refractivity contribution in [3.63, 3.8) is 0 Å². The summed E-state index contributed by atoms with van der Waals surface area (Å²) in [6.07, 6.45) is 0. The van der Waals surface area contributed by atoms with Gasteiger partial charge >= 0.3 is 5.97 Å². The van der Waals surface area contributed by atoms with E-state index in [-0.39, 0.29) is 6.04 Å². The van der Waals surface area contributed by atoms with E-state index < -0.39 is 5.97 Å². The molecule has 0 saturated carbocycles. The number of halogens is 1. The van der Waals surface area contributed by atoms with Crippen molar-refractivity contribution in [2.75, 3.05) is 0 Å². The van der Waals surface area contributed by atoms with Gasteiger partial charge in [0, 0.05) is 17.1 Å². The van der Waals surface area contributed by atoms with E-state index in [1.54, 1.807) is 12.1 Å². The first kappa shape index (κ1) is 14.8. The Kier molecular flexibility index (Phi) is 4.93. The topological polar surface area (TPSA) is 49.3 Å². The highest BCUT2D eigenvalue weighted by molar-refractivity contribution is 9.10. The summed E-state index contributed by atoms with van der Waals surface area (Å²) in [5.41, 5.74) is 2.30. The second kappa shape index (κ2) is 6.68. The van der Waals surface area contributed by atoms with Crippen molar-refractivity contribution in [3.05, 3.63) is 69.7 Å². The van der Waals surface area contributed by atoms with Crippen LogP contribution in [0.4, 0.5) is 0 Å². The normalized spacial score (nSPS) is 12.1. The van der Waals surface area contributed by atoms with Crippen LogP contribution in [-0.4, -0.2) is 11.1 Å². The zero-order valence-electron chi connectivity index (χ0n) is 11.1. The average Bonchev–Trinajstić information content (AvgIpc) is 2.45. The number of hydrogen-bond acceptors (Lipinski definition) is 2. The third-order valence-electron chi connectivity index (χ3n) is 3.20. The molecule has 0 saturated heterocycles. The van der Waals surface area contributed by atoms with Gasteiger partial charge in [-0.25, -0.2) is 4.79 Å². The minimum absolute atomic E-state index is 0.148. The van der Waals surface area contributed by atoms with Crippen molar-refractivity contribution in [3.8, 4) is 0 Å². The Balaban J connectivity index is 2.07. The molecule has 20 heavy (non-hydrogen) atoms. The number of carboxylic acid groups (broad SMARTS) is 1. The predicted octanol–water partition coefficient (Wildman–Crippen LogP) is 4.00. The minimum atomic E-state index is -0.891. The highest BCUT2D eigenvalue weighted by Crippen LogP contribution is 2.18. The van der Waals surface area contributed by atoms with Crippen LogP contribution in [0.25, 0.3) is 0 Å². The summed E-state index contributed by atoms with van der Waals surface area (Å²) in [5.74, 6) is -0.891. The van der Waals surface area contributed by atoms with Gasteiger partial charge in [0.25, 0.3) is 0 Å². The van der Waals surface area contributed by atoms with Crippen LogP contribution in [0, 0.1) is 0 Å². The zero-order valence-corrected chi connectivity index (χ0v) is 12.7. The highest BCUT2D eigenvalue weighted by Gasteiger charge is 2.10. The lowest BCUT2D eigenvalue weighted by molar-refractivity contribution is 0.0695. The molecular formula is C16H16BrNO2. The van der Waals surface area contributed by atoms with Crippen molar-refractivity contribution in [1.29, 1.82) is 0 Å². The summed E-state index contributed by atoms with van der Waals surface area (Å²) in [7, 11) is 0. The van der Waals surface area contributed by atoms with Gasteiger partial charge < -0.3 is 10.4 Å². The maximum Gasteiger partial charge on any atom is 0.336 e. The summed E-state index contributed by atoms with van der Waals surface area (Å²) in [6.45, 7) is 2.58. The number of benzene rings is 2. The number of hydrogen-bond donors (Lipinski definition) is 2. The van der Waals surface area contributed by atoms with E-state index in [0.717, 1.165) is 15.6 Å². The summed E-state index contributed by atoms with van der Waals surface area (Å²) < 4.78 is 1.04. The van der Waals surface area contributed by atoms with Crippen molar-refractivity contribution in [2.24, 2.45) is 0 Å². The maximum absolute atomic E-state index is 11.1. The second-order valence-electron chi connectivity index (χ2n) is 4.62. The molecule has 0 aliphatic rings. The molecule has 104 valence electrons. The molecule has 0 fully saturated rings. The molecule has 0 unspecified atom stereocenters. The predicted molar refractivity (Wildman–Crippen MR) is 82.8 cm³/mol. The Morgan fingerprint density at radius 2 is 2.00 bits per heavy atom. The van der Waals surface area contributed by atoms with Crippen molar-refractivity contribution in [1.82, 2.24) is 5.32 Å². The number of carboxylic acids is 1. The first-order chi connectivity index (χ1) is 9.58. The summed E-state index contributed by atoms with van der Waals surface area (Å²) in [4.78, 5) is 11.1. The first-order valence-electron chi connectivity index (χ1n) is 6.38. The molecule has 2 aromatic rings. The molecule has 2 N–H and O–H groups in total. The van der Waals surface area contributed by atoms with Gasteiger partial charge in [-0.1, -0.05) is 46.3 Å². The van der Waals surface area contributed by atoms with Gasteiger partial charge in [-0.05, 0) is 36.2 Å². The number of aromatic carboxylic acids is 1. The van der Waals surface area contributed by atoms with E-state index in [0.29, 0.717) is 12.1 Å². The van der Waals surface area contributed by atoms with Gasteiger partial charge in [0.1, 0.15) is 0 Å². The molecule has 2 rings (SSSR count). The van der Waals surface area contributed by atoms with Crippen LogP contribution in [-0.2, 0) is 6.54 Å². The number of rotatable bonds is 5. The number of nitrogens with one attached hydrogen (secondary N) is 1. The van der Waals surface area contributed by atoms with E-state index in [4.69, 9.17) is 5.11 Å².